The first kappa shape index (κ1) is 11.7. The minimum atomic E-state index is 0.468. The summed E-state index contributed by atoms with van der Waals surface area (Å²) < 4.78 is 1.95. The molecule has 0 saturated heterocycles. The minimum absolute atomic E-state index is 0.468. The lowest BCUT2D eigenvalue weighted by molar-refractivity contribution is 1.06. The molecule has 0 aliphatic heterocycles. The van der Waals surface area contributed by atoms with Crippen molar-refractivity contribution >= 4 is 23.0 Å². The molecule has 3 aromatic rings. The zero-order chi connectivity index (χ0) is 13.1. The number of halogens is 1. The molecule has 0 saturated carbocycles. The molecule has 0 spiro atoms. The second-order valence-corrected chi connectivity index (χ2v) is 4.40. The smallest absolute Gasteiger partial charge is 0.131 e. The molecule has 0 bridgehead atoms. The highest BCUT2D eigenvalue weighted by atomic mass is 35.5. The van der Waals surface area contributed by atoms with Crippen molar-refractivity contribution in [2.45, 2.75) is 0 Å². The van der Waals surface area contributed by atoms with E-state index >= 15 is 0 Å². The summed E-state index contributed by atoms with van der Waals surface area (Å²) >= 11 is 5.86. The Morgan fingerprint density at radius 1 is 1.05 bits per heavy atom. The second kappa shape index (κ2) is 5.12. The van der Waals surface area contributed by atoms with Crippen LogP contribution < -0.4 is 5.32 Å². The van der Waals surface area contributed by atoms with Crippen LogP contribution in [0.25, 0.3) is 5.69 Å². The van der Waals surface area contributed by atoms with E-state index in [2.05, 4.69) is 15.3 Å². The predicted octanol–water partition coefficient (Wildman–Crippen LogP) is 3.66. The second-order valence-electron chi connectivity index (χ2n) is 4.01. The molecule has 0 amide bonds. The monoisotopic (exact) mass is 270 g/mol. The van der Waals surface area contributed by atoms with Crippen LogP contribution in [0.15, 0.2) is 61.3 Å². The van der Waals surface area contributed by atoms with Crippen molar-refractivity contribution in [3.05, 3.63) is 66.5 Å². The highest BCUT2D eigenvalue weighted by molar-refractivity contribution is 6.29. The number of nitrogens with zero attached hydrogens (tertiary/aromatic N) is 3. The number of rotatable bonds is 3. The Kier molecular flexibility index (Phi) is 3.16. The quantitative estimate of drug-likeness (QED) is 0.739. The molecular formula is C14H11ClN4. The van der Waals surface area contributed by atoms with Gasteiger partial charge in [-0.15, -0.1) is 0 Å². The van der Waals surface area contributed by atoms with Gasteiger partial charge < -0.3 is 9.88 Å². The number of aromatic nitrogens is 3. The van der Waals surface area contributed by atoms with Crippen LogP contribution in [0.2, 0.25) is 5.15 Å². The summed E-state index contributed by atoms with van der Waals surface area (Å²) in [6.07, 6.45) is 7.10. The third kappa shape index (κ3) is 2.74. The molecular weight excluding hydrogens is 260 g/mol. The molecule has 4 nitrogen and oxygen atoms in total. The highest BCUT2D eigenvalue weighted by Gasteiger charge is 1.99. The van der Waals surface area contributed by atoms with Gasteiger partial charge in [-0.2, -0.15) is 0 Å². The summed E-state index contributed by atoms with van der Waals surface area (Å²) in [5.41, 5.74) is 2.93. The van der Waals surface area contributed by atoms with Gasteiger partial charge in [-0.05, 0) is 30.3 Å². The molecule has 0 atom stereocenters. The van der Waals surface area contributed by atoms with Crippen LogP contribution in [0.4, 0.5) is 11.4 Å². The van der Waals surface area contributed by atoms with Crippen molar-refractivity contribution in [3.8, 4) is 5.69 Å². The standard InChI is InChI=1S/C14H11ClN4/c15-14-9-12(4-5-17-14)18-11-2-1-3-13(8-11)19-7-6-16-10-19/h1-10H,(H,17,18). The van der Waals surface area contributed by atoms with E-state index in [9.17, 15) is 0 Å². The van der Waals surface area contributed by atoms with E-state index in [4.69, 9.17) is 11.6 Å². The van der Waals surface area contributed by atoms with Gasteiger partial charge in [0.05, 0.1) is 6.33 Å². The fraction of sp³-hybridized carbons (Fsp3) is 0. The molecule has 0 aliphatic carbocycles. The van der Waals surface area contributed by atoms with Crippen molar-refractivity contribution in [3.63, 3.8) is 0 Å². The Balaban J connectivity index is 1.88. The normalized spacial score (nSPS) is 10.4. The Hall–Kier alpha value is -2.33. The first-order valence-corrected chi connectivity index (χ1v) is 6.16. The lowest BCUT2D eigenvalue weighted by Crippen LogP contribution is -1.94. The highest BCUT2D eigenvalue weighted by Crippen LogP contribution is 2.20. The molecule has 0 aliphatic rings. The third-order valence-corrected chi connectivity index (χ3v) is 2.87. The maximum absolute atomic E-state index is 5.86. The van der Waals surface area contributed by atoms with E-state index < -0.39 is 0 Å². The molecule has 0 radical (unpaired) electrons. The fourth-order valence-electron chi connectivity index (χ4n) is 1.80. The Bertz CT molecular complexity index is 679. The van der Waals surface area contributed by atoms with Crippen LogP contribution in [-0.4, -0.2) is 14.5 Å². The van der Waals surface area contributed by atoms with E-state index in [1.54, 1.807) is 24.8 Å². The zero-order valence-electron chi connectivity index (χ0n) is 9.99. The van der Waals surface area contributed by atoms with Crippen LogP contribution in [0.3, 0.4) is 0 Å². The molecule has 5 heteroatoms. The van der Waals surface area contributed by atoms with Gasteiger partial charge in [-0.25, -0.2) is 9.97 Å². The van der Waals surface area contributed by atoms with Gasteiger partial charge >= 0.3 is 0 Å². The van der Waals surface area contributed by atoms with Gasteiger partial charge in [0, 0.05) is 35.7 Å². The summed E-state index contributed by atoms with van der Waals surface area (Å²) in [4.78, 5) is 7.99. The van der Waals surface area contributed by atoms with Crippen LogP contribution >= 0.6 is 11.6 Å². The van der Waals surface area contributed by atoms with Crippen molar-refractivity contribution in [1.29, 1.82) is 0 Å². The minimum Gasteiger partial charge on any atom is -0.355 e. The largest absolute Gasteiger partial charge is 0.355 e. The number of pyridine rings is 1. The number of nitrogens with one attached hydrogen (secondary N) is 1. The van der Waals surface area contributed by atoms with Gasteiger partial charge in [-0.1, -0.05) is 17.7 Å². The molecule has 94 valence electrons. The van der Waals surface area contributed by atoms with E-state index in [1.807, 2.05) is 41.1 Å². The summed E-state index contributed by atoms with van der Waals surface area (Å²) in [6, 6.07) is 11.7. The van der Waals surface area contributed by atoms with E-state index in [1.165, 1.54) is 0 Å². The number of hydrogen-bond donors (Lipinski definition) is 1. The maximum atomic E-state index is 5.86. The molecule has 2 heterocycles. The summed E-state index contributed by atoms with van der Waals surface area (Å²) in [6.45, 7) is 0. The summed E-state index contributed by atoms with van der Waals surface area (Å²) in [7, 11) is 0. The Morgan fingerprint density at radius 2 is 1.95 bits per heavy atom. The predicted molar refractivity (Wildman–Crippen MR) is 76.1 cm³/mol. The first-order valence-electron chi connectivity index (χ1n) is 5.78. The number of anilines is 2. The maximum Gasteiger partial charge on any atom is 0.131 e. The van der Waals surface area contributed by atoms with Gasteiger partial charge in [-0.3, -0.25) is 0 Å². The zero-order valence-corrected chi connectivity index (χ0v) is 10.7. The van der Waals surface area contributed by atoms with E-state index in [0.29, 0.717) is 5.15 Å². The SMILES string of the molecule is Clc1cc(Nc2cccc(-n3ccnc3)c2)ccn1. The van der Waals surface area contributed by atoms with Crippen LogP contribution in [0.1, 0.15) is 0 Å². The van der Waals surface area contributed by atoms with Gasteiger partial charge in [0.25, 0.3) is 0 Å². The van der Waals surface area contributed by atoms with Gasteiger partial charge in [0.1, 0.15) is 5.15 Å². The van der Waals surface area contributed by atoms with Crippen molar-refractivity contribution < 1.29 is 0 Å². The van der Waals surface area contributed by atoms with Crippen molar-refractivity contribution in [2.75, 3.05) is 5.32 Å². The molecule has 3 rings (SSSR count). The van der Waals surface area contributed by atoms with Crippen LogP contribution in [-0.2, 0) is 0 Å². The lowest BCUT2D eigenvalue weighted by atomic mass is 10.2. The molecule has 1 aromatic carbocycles. The molecule has 0 unspecified atom stereocenters. The number of hydrogen-bond acceptors (Lipinski definition) is 3. The van der Waals surface area contributed by atoms with E-state index in [-0.39, 0.29) is 0 Å². The van der Waals surface area contributed by atoms with Gasteiger partial charge in [0.15, 0.2) is 0 Å². The van der Waals surface area contributed by atoms with Gasteiger partial charge in [0.2, 0.25) is 0 Å². The molecule has 0 fully saturated rings. The first-order chi connectivity index (χ1) is 9.31. The lowest BCUT2D eigenvalue weighted by Gasteiger charge is -2.09. The Labute approximate surface area is 115 Å². The molecule has 1 N–H and O–H groups in total. The number of imidazole rings is 1. The van der Waals surface area contributed by atoms with Crippen LogP contribution in [0, 0.1) is 0 Å². The molecule has 19 heavy (non-hydrogen) atoms. The fourth-order valence-corrected chi connectivity index (χ4v) is 1.98. The average molecular weight is 271 g/mol. The average Bonchev–Trinajstić information content (AvgIpc) is 2.93. The van der Waals surface area contributed by atoms with Crippen molar-refractivity contribution in [2.24, 2.45) is 0 Å². The molecule has 2 aromatic heterocycles. The Morgan fingerprint density at radius 3 is 2.74 bits per heavy atom. The topological polar surface area (TPSA) is 42.7 Å². The number of benzene rings is 1. The summed E-state index contributed by atoms with van der Waals surface area (Å²) in [5.74, 6) is 0. The van der Waals surface area contributed by atoms with E-state index in [0.717, 1.165) is 17.1 Å². The third-order valence-electron chi connectivity index (χ3n) is 2.66. The van der Waals surface area contributed by atoms with Crippen molar-refractivity contribution in [1.82, 2.24) is 14.5 Å². The summed E-state index contributed by atoms with van der Waals surface area (Å²) in [5, 5.41) is 3.76. The van der Waals surface area contributed by atoms with Crippen LogP contribution in [0.5, 0.6) is 0 Å².